The van der Waals surface area contributed by atoms with Gasteiger partial charge in [-0.05, 0) is 6.42 Å². The summed E-state index contributed by atoms with van der Waals surface area (Å²) in [5.41, 5.74) is 0. The molecule has 17 heavy (non-hydrogen) atoms. The highest BCUT2D eigenvalue weighted by Gasteiger charge is 2.38. The van der Waals surface area contributed by atoms with Gasteiger partial charge in [-0.3, -0.25) is 5.32 Å². The van der Waals surface area contributed by atoms with Crippen LogP contribution in [-0.4, -0.2) is 59.2 Å². The van der Waals surface area contributed by atoms with Crippen LogP contribution < -0.4 is 5.32 Å². The van der Waals surface area contributed by atoms with Crippen molar-refractivity contribution in [2.75, 3.05) is 13.2 Å². The van der Waals surface area contributed by atoms with Gasteiger partial charge < -0.3 is 24.8 Å². The van der Waals surface area contributed by atoms with Crippen LogP contribution in [0.4, 0.5) is 4.79 Å². The van der Waals surface area contributed by atoms with E-state index in [0.29, 0.717) is 0 Å². The Morgan fingerprint density at radius 1 is 1.41 bits per heavy atom. The molecular formula is C10H19NO6. The summed E-state index contributed by atoms with van der Waals surface area (Å²) in [6.45, 7) is 2.10. The normalized spacial score (nSPS) is 33.2. The second-order valence-electron chi connectivity index (χ2n) is 3.94. The van der Waals surface area contributed by atoms with Gasteiger partial charge in [0.1, 0.15) is 18.3 Å². The molecule has 1 aliphatic heterocycles. The maximum atomic E-state index is 11.3. The van der Waals surface area contributed by atoms with E-state index in [1.165, 1.54) is 0 Å². The molecule has 1 heterocycles. The zero-order valence-electron chi connectivity index (χ0n) is 9.70. The Hall–Kier alpha value is -0.890. The highest BCUT2D eigenvalue weighted by molar-refractivity contribution is 5.67. The highest BCUT2D eigenvalue weighted by atomic mass is 16.6. The lowest BCUT2D eigenvalue weighted by Crippen LogP contribution is -2.59. The smallest absolute Gasteiger partial charge is 0.409 e. The SMILES string of the molecule is CCCCOC(=O)NC1OCC(O)C(O)C1O. The minimum absolute atomic E-state index is 0.155. The predicted molar refractivity (Wildman–Crippen MR) is 57.2 cm³/mol. The monoisotopic (exact) mass is 249 g/mol. The van der Waals surface area contributed by atoms with E-state index in [1.54, 1.807) is 0 Å². The first-order valence-electron chi connectivity index (χ1n) is 5.65. The molecule has 0 radical (unpaired) electrons. The predicted octanol–water partition coefficient (Wildman–Crippen LogP) is -1.05. The second-order valence-corrected chi connectivity index (χ2v) is 3.94. The summed E-state index contributed by atoms with van der Waals surface area (Å²) in [5, 5.41) is 30.4. The topological polar surface area (TPSA) is 108 Å². The number of unbranched alkanes of at least 4 members (excludes halogenated alkanes) is 1. The van der Waals surface area contributed by atoms with Crippen LogP contribution in [0.1, 0.15) is 19.8 Å². The first-order valence-corrected chi connectivity index (χ1v) is 5.65. The standard InChI is InChI=1S/C10H19NO6/c1-2-3-4-16-10(15)11-9-8(14)7(13)6(12)5-17-9/h6-9,12-14H,2-5H2,1H3,(H,11,15). The van der Waals surface area contributed by atoms with E-state index in [2.05, 4.69) is 5.32 Å². The van der Waals surface area contributed by atoms with Gasteiger partial charge >= 0.3 is 6.09 Å². The molecule has 4 unspecified atom stereocenters. The van der Waals surface area contributed by atoms with Crippen LogP contribution >= 0.6 is 0 Å². The Labute approximate surface area is 99.3 Å². The molecule has 0 spiro atoms. The molecule has 1 fully saturated rings. The highest BCUT2D eigenvalue weighted by Crippen LogP contribution is 2.13. The first kappa shape index (κ1) is 14.2. The molecular weight excluding hydrogens is 230 g/mol. The molecule has 1 saturated heterocycles. The summed E-state index contributed by atoms with van der Waals surface area (Å²) in [6, 6.07) is 0. The Bertz CT molecular complexity index is 249. The van der Waals surface area contributed by atoms with E-state index in [1.807, 2.05) is 6.92 Å². The number of hydrogen-bond acceptors (Lipinski definition) is 6. The van der Waals surface area contributed by atoms with Crippen LogP contribution in [0, 0.1) is 0 Å². The molecule has 1 aliphatic rings. The van der Waals surface area contributed by atoms with Crippen LogP contribution in [-0.2, 0) is 9.47 Å². The van der Waals surface area contributed by atoms with Crippen molar-refractivity contribution in [3.05, 3.63) is 0 Å². The molecule has 1 rings (SSSR count). The number of nitrogens with one attached hydrogen (secondary N) is 1. The number of aliphatic hydroxyl groups excluding tert-OH is 3. The number of carbonyl (C=O) groups excluding carboxylic acids is 1. The van der Waals surface area contributed by atoms with Crippen LogP contribution in [0.3, 0.4) is 0 Å². The summed E-state index contributed by atoms with van der Waals surface area (Å²) in [4.78, 5) is 11.3. The van der Waals surface area contributed by atoms with Gasteiger partial charge in [0.2, 0.25) is 0 Å². The maximum Gasteiger partial charge on any atom is 0.409 e. The Balaban J connectivity index is 2.33. The van der Waals surface area contributed by atoms with Gasteiger partial charge in [0.25, 0.3) is 0 Å². The lowest BCUT2D eigenvalue weighted by Gasteiger charge is -2.35. The summed E-state index contributed by atoms with van der Waals surface area (Å²) < 4.78 is 9.79. The van der Waals surface area contributed by atoms with E-state index in [9.17, 15) is 20.1 Å². The quantitative estimate of drug-likeness (QED) is 0.474. The average molecular weight is 249 g/mol. The fourth-order valence-corrected chi connectivity index (χ4v) is 1.40. The van der Waals surface area contributed by atoms with E-state index in [0.717, 1.165) is 12.8 Å². The van der Waals surface area contributed by atoms with Gasteiger partial charge in [-0.2, -0.15) is 0 Å². The van der Waals surface area contributed by atoms with Crippen molar-refractivity contribution >= 4 is 6.09 Å². The molecule has 7 heteroatoms. The lowest BCUT2D eigenvalue weighted by atomic mass is 10.0. The third-order valence-electron chi connectivity index (χ3n) is 2.49. The van der Waals surface area contributed by atoms with Crippen LogP contribution in [0.5, 0.6) is 0 Å². The van der Waals surface area contributed by atoms with Gasteiger partial charge in [0.15, 0.2) is 6.23 Å². The molecule has 4 atom stereocenters. The van der Waals surface area contributed by atoms with E-state index < -0.39 is 30.6 Å². The maximum absolute atomic E-state index is 11.3. The number of carbonyl (C=O) groups is 1. The van der Waals surface area contributed by atoms with Crippen LogP contribution in [0.2, 0.25) is 0 Å². The molecule has 0 aromatic heterocycles. The largest absolute Gasteiger partial charge is 0.450 e. The third-order valence-corrected chi connectivity index (χ3v) is 2.49. The zero-order chi connectivity index (χ0) is 12.8. The molecule has 7 nitrogen and oxygen atoms in total. The fourth-order valence-electron chi connectivity index (χ4n) is 1.40. The Morgan fingerprint density at radius 2 is 2.12 bits per heavy atom. The minimum atomic E-state index is -1.38. The molecule has 0 aromatic carbocycles. The Morgan fingerprint density at radius 3 is 2.76 bits per heavy atom. The molecule has 0 aromatic rings. The summed E-state index contributed by atoms with van der Waals surface area (Å²) in [5.74, 6) is 0. The number of rotatable bonds is 4. The Kier molecular flexibility index (Phi) is 5.63. The second kappa shape index (κ2) is 6.75. The van der Waals surface area contributed by atoms with Gasteiger partial charge in [0.05, 0.1) is 13.2 Å². The van der Waals surface area contributed by atoms with Crippen LogP contribution in [0.25, 0.3) is 0 Å². The van der Waals surface area contributed by atoms with Gasteiger partial charge in [-0.1, -0.05) is 13.3 Å². The van der Waals surface area contributed by atoms with Crippen molar-refractivity contribution in [2.24, 2.45) is 0 Å². The van der Waals surface area contributed by atoms with Crippen molar-refractivity contribution in [1.82, 2.24) is 5.32 Å². The molecule has 100 valence electrons. The van der Waals surface area contributed by atoms with Crippen molar-refractivity contribution in [2.45, 2.75) is 44.3 Å². The zero-order valence-corrected chi connectivity index (χ0v) is 9.70. The minimum Gasteiger partial charge on any atom is -0.450 e. The number of hydrogen-bond donors (Lipinski definition) is 4. The van der Waals surface area contributed by atoms with Crippen molar-refractivity contribution in [3.8, 4) is 0 Å². The van der Waals surface area contributed by atoms with Crippen molar-refractivity contribution in [1.29, 1.82) is 0 Å². The van der Waals surface area contributed by atoms with Crippen molar-refractivity contribution in [3.63, 3.8) is 0 Å². The number of ether oxygens (including phenoxy) is 2. The number of alkyl carbamates (subject to hydrolysis) is 1. The average Bonchev–Trinajstić information content (AvgIpc) is 2.30. The number of aliphatic hydroxyl groups is 3. The molecule has 0 aliphatic carbocycles. The van der Waals surface area contributed by atoms with E-state index in [4.69, 9.17) is 9.47 Å². The number of amides is 1. The molecule has 4 N–H and O–H groups in total. The van der Waals surface area contributed by atoms with Gasteiger partial charge in [-0.15, -0.1) is 0 Å². The van der Waals surface area contributed by atoms with Crippen LogP contribution in [0.15, 0.2) is 0 Å². The summed E-state index contributed by atoms with van der Waals surface area (Å²) >= 11 is 0. The third kappa shape index (κ3) is 4.12. The lowest BCUT2D eigenvalue weighted by molar-refractivity contribution is -0.192. The summed E-state index contributed by atoms with van der Waals surface area (Å²) in [7, 11) is 0. The molecule has 1 amide bonds. The molecule has 0 saturated carbocycles. The van der Waals surface area contributed by atoms with Gasteiger partial charge in [0, 0.05) is 0 Å². The summed E-state index contributed by atoms with van der Waals surface area (Å²) in [6.07, 6.45) is -4.00. The fraction of sp³-hybridized carbons (Fsp3) is 0.900. The molecule has 0 bridgehead atoms. The first-order chi connectivity index (χ1) is 8.06. The van der Waals surface area contributed by atoms with E-state index in [-0.39, 0.29) is 13.2 Å². The van der Waals surface area contributed by atoms with E-state index >= 15 is 0 Å². The van der Waals surface area contributed by atoms with Gasteiger partial charge in [-0.25, -0.2) is 4.79 Å². The van der Waals surface area contributed by atoms with Crippen molar-refractivity contribution < 1.29 is 29.6 Å².